The van der Waals surface area contributed by atoms with Crippen LogP contribution in [0.3, 0.4) is 0 Å². The second-order valence-corrected chi connectivity index (χ2v) is 6.15. The molecular weight excluding hydrogens is 368 g/mol. The van der Waals surface area contributed by atoms with Gasteiger partial charge in [-0.05, 0) is 24.3 Å². The molecule has 1 aromatic heterocycles. The lowest BCUT2D eigenvalue weighted by molar-refractivity contribution is -0.384. The second-order valence-electron chi connectivity index (χ2n) is 5.29. The normalized spacial score (nSPS) is 10.7. The number of aromatic nitrogens is 1. The van der Waals surface area contributed by atoms with Gasteiger partial charge in [-0.15, -0.1) is 11.3 Å². The molecule has 3 aromatic rings. The number of nitrogens with zero attached hydrogens (tertiary/aromatic N) is 3. The second kappa shape index (κ2) is 8.28. The highest BCUT2D eigenvalue weighted by Gasteiger charge is 2.09. The molecule has 27 heavy (non-hydrogen) atoms. The standard InChI is InChI=1S/C18H16N4O4S/c1-25-16-5-3-4-13(17(16)26-2)10-19-21-18-20-15(11-27-18)12-6-8-14(9-7-12)22(23)24/h3-11H,1-2H3,(H,20,21)/b19-10+. The molecule has 1 N–H and O–H groups in total. The predicted molar refractivity (Wildman–Crippen MR) is 105 cm³/mol. The molecule has 0 bridgehead atoms. The van der Waals surface area contributed by atoms with Crippen LogP contribution in [0.1, 0.15) is 5.56 Å². The molecule has 0 saturated heterocycles. The highest BCUT2D eigenvalue weighted by Crippen LogP contribution is 2.30. The van der Waals surface area contributed by atoms with Gasteiger partial charge in [0.05, 0.1) is 31.1 Å². The molecule has 9 heteroatoms. The first-order valence-electron chi connectivity index (χ1n) is 7.83. The Hall–Kier alpha value is -3.46. The number of methoxy groups -OCH3 is 2. The smallest absolute Gasteiger partial charge is 0.269 e. The lowest BCUT2D eigenvalue weighted by Crippen LogP contribution is -1.96. The van der Waals surface area contributed by atoms with Crippen LogP contribution >= 0.6 is 11.3 Å². The molecule has 2 aromatic carbocycles. The van der Waals surface area contributed by atoms with E-state index in [0.29, 0.717) is 22.3 Å². The summed E-state index contributed by atoms with van der Waals surface area (Å²) in [5.74, 6) is 1.22. The van der Waals surface area contributed by atoms with E-state index in [-0.39, 0.29) is 5.69 Å². The maximum Gasteiger partial charge on any atom is 0.269 e. The number of hydrogen-bond acceptors (Lipinski definition) is 8. The molecule has 0 spiro atoms. The number of nitro groups is 1. The first kappa shape index (κ1) is 18.3. The Morgan fingerprint density at radius 2 is 1.96 bits per heavy atom. The molecule has 0 aliphatic carbocycles. The van der Waals surface area contributed by atoms with Crippen LogP contribution in [0, 0.1) is 10.1 Å². The lowest BCUT2D eigenvalue weighted by atomic mass is 10.1. The van der Waals surface area contributed by atoms with Crippen molar-refractivity contribution in [2.24, 2.45) is 5.10 Å². The summed E-state index contributed by atoms with van der Waals surface area (Å²) < 4.78 is 10.6. The summed E-state index contributed by atoms with van der Waals surface area (Å²) in [4.78, 5) is 14.7. The zero-order chi connectivity index (χ0) is 19.2. The minimum atomic E-state index is -0.431. The monoisotopic (exact) mass is 384 g/mol. The van der Waals surface area contributed by atoms with Gasteiger partial charge in [0.25, 0.3) is 5.69 Å². The Labute approximate surface area is 159 Å². The molecule has 8 nitrogen and oxygen atoms in total. The summed E-state index contributed by atoms with van der Waals surface area (Å²) in [6.45, 7) is 0. The van der Waals surface area contributed by atoms with Crippen LogP contribution in [-0.4, -0.2) is 30.3 Å². The molecule has 1 heterocycles. The quantitative estimate of drug-likeness (QED) is 0.373. The van der Waals surface area contributed by atoms with Gasteiger partial charge in [-0.25, -0.2) is 4.98 Å². The van der Waals surface area contributed by atoms with Crippen LogP contribution in [0.2, 0.25) is 0 Å². The Kier molecular flexibility index (Phi) is 5.62. The molecule has 0 saturated carbocycles. The minimum Gasteiger partial charge on any atom is -0.493 e. The summed E-state index contributed by atoms with van der Waals surface area (Å²) in [6, 6.07) is 11.8. The van der Waals surface area contributed by atoms with E-state index in [1.54, 1.807) is 38.6 Å². The molecular formula is C18H16N4O4S. The zero-order valence-corrected chi connectivity index (χ0v) is 15.4. The summed E-state index contributed by atoms with van der Waals surface area (Å²) in [7, 11) is 3.15. The number of hydrogen-bond donors (Lipinski definition) is 1. The SMILES string of the molecule is COc1cccc(/C=N/Nc2nc(-c3ccc([N+](=O)[O-])cc3)cs2)c1OC. The molecule has 0 amide bonds. The summed E-state index contributed by atoms with van der Waals surface area (Å²) in [6.07, 6.45) is 1.62. The third kappa shape index (κ3) is 4.21. The third-order valence-corrected chi connectivity index (χ3v) is 4.42. The molecule has 0 atom stereocenters. The average molecular weight is 384 g/mol. The fourth-order valence-corrected chi connectivity index (χ4v) is 3.05. The van der Waals surface area contributed by atoms with Crippen LogP contribution in [0.15, 0.2) is 52.9 Å². The Bertz CT molecular complexity index is 970. The van der Waals surface area contributed by atoms with Crippen molar-refractivity contribution in [3.8, 4) is 22.8 Å². The summed E-state index contributed by atoms with van der Waals surface area (Å²) in [5.41, 5.74) is 5.19. The van der Waals surface area contributed by atoms with E-state index in [1.807, 2.05) is 17.5 Å². The molecule has 0 unspecified atom stereocenters. The number of nitro benzene ring substituents is 1. The van der Waals surface area contributed by atoms with Gasteiger partial charge in [-0.1, -0.05) is 6.07 Å². The van der Waals surface area contributed by atoms with Gasteiger partial charge in [0, 0.05) is 28.6 Å². The van der Waals surface area contributed by atoms with Crippen LogP contribution in [0.5, 0.6) is 11.5 Å². The largest absolute Gasteiger partial charge is 0.493 e. The highest BCUT2D eigenvalue weighted by atomic mass is 32.1. The molecule has 0 radical (unpaired) electrons. The number of benzene rings is 2. The van der Waals surface area contributed by atoms with Crippen molar-refractivity contribution in [2.45, 2.75) is 0 Å². The van der Waals surface area contributed by atoms with E-state index < -0.39 is 4.92 Å². The van der Waals surface area contributed by atoms with Crippen molar-refractivity contribution >= 4 is 28.4 Å². The number of nitrogens with one attached hydrogen (secondary N) is 1. The van der Waals surface area contributed by atoms with Crippen LogP contribution < -0.4 is 14.9 Å². The average Bonchev–Trinajstić information content (AvgIpc) is 3.16. The van der Waals surface area contributed by atoms with Gasteiger partial charge in [-0.3, -0.25) is 15.5 Å². The zero-order valence-electron chi connectivity index (χ0n) is 14.6. The number of thiazole rings is 1. The van der Waals surface area contributed by atoms with E-state index >= 15 is 0 Å². The molecule has 138 valence electrons. The number of hydrazone groups is 1. The van der Waals surface area contributed by atoms with E-state index in [2.05, 4.69) is 15.5 Å². The van der Waals surface area contributed by atoms with Crippen LogP contribution in [0.25, 0.3) is 11.3 Å². The van der Waals surface area contributed by atoms with Crippen LogP contribution in [0.4, 0.5) is 10.8 Å². The number of non-ortho nitro benzene ring substituents is 1. The number of ether oxygens (including phenoxy) is 2. The van der Waals surface area contributed by atoms with Crippen molar-refractivity contribution in [3.05, 3.63) is 63.5 Å². The number of para-hydroxylation sites is 1. The maximum absolute atomic E-state index is 10.7. The van der Waals surface area contributed by atoms with E-state index in [1.165, 1.54) is 23.5 Å². The highest BCUT2D eigenvalue weighted by molar-refractivity contribution is 7.14. The van der Waals surface area contributed by atoms with Crippen molar-refractivity contribution in [2.75, 3.05) is 19.6 Å². The van der Waals surface area contributed by atoms with Gasteiger partial charge < -0.3 is 9.47 Å². The Morgan fingerprint density at radius 1 is 1.19 bits per heavy atom. The topological polar surface area (TPSA) is 98.9 Å². The van der Waals surface area contributed by atoms with Gasteiger partial charge >= 0.3 is 0 Å². The predicted octanol–water partition coefficient (Wildman–Crippen LogP) is 4.18. The Morgan fingerprint density at radius 3 is 2.63 bits per heavy atom. The first-order valence-corrected chi connectivity index (χ1v) is 8.70. The fourth-order valence-electron chi connectivity index (χ4n) is 2.38. The lowest BCUT2D eigenvalue weighted by Gasteiger charge is -2.09. The maximum atomic E-state index is 10.7. The van der Waals surface area contributed by atoms with Crippen molar-refractivity contribution in [3.63, 3.8) is 0 Å². The van der Waals surface area contributed by atoms with Gasteiger partial charge in [0.2, 0.25) is 5.13 Å². The minimum absolute atomic E-state index is 0.0455. The molecule has 0 aliphatic rings. The van der Waals surface area contributed by atoms with Gasteiger partial charge in [-0.2, -0.15) is 5.10 Å². The molecule has 0 fully saturated rings. The van der Waals surface area contributed by atoms with Crippen molar-refractivity contribution < 1.29 is 14.4 Å². The first-order chi connectivity index (χ1) is 13.1. The van der Waals surface area contributed by atoms with E-state index in [9.17, 15) is 10.1 Å². The molecule has 0 aliphatic heterocycles. The van der Waals surface area contributed by atoms with Crippen LogP contribution in [-0.2, 0) is 0 Å². The molecule has 3 rings (SSSR count). The van der Waals surface area contributed by atoms with Crippen molar-refractivity contribution in [1.82, 2.24) is 4.98 Å². The third-order valence-electron chi connectivity index (χ3n) is 3.68. The summed E-state index contributed by atoms with van der Waals surface area (Å²) >= 11 is 1.38. The van der Waals surface area contributed by atoms with E-state index in [0.717, 1.165) is 11.1 Å². The van der Waals surface area contributed by atoms with Gasteiger partial charge in [0.15, 0.2) is 11.5 Å². The number of rotatable bonds is 7. The van der Waals surface area contributed by atoms with Crippen molar-refractivity contribution in [1.29, 1.82) is 0 Å². The number of anilines is 1. The van der Waals surface area contributed by atoms with Gasteiger partial charge in [0.1, 0.15) is 0 Å². The Balaban J connectivity index is 1.71. The van der Waals surface area contributed by atoms with E-state index in [4.69, 9.17) is 9.47 Å². The summed E-state index contributed by atoms with van der Waals surface area (Å²) in [5, 5.41) is 17.4. The fraction of sp³-hybridized carbons (Fsp3) is 0.111.